The number of nitrogens with zero attached hydrogens (tertiary/aromatic N) is 2. The molecule has 0 saturated carbocycles. The van der Waals surface area contributed by atoms with Crippen LogP contribution in [0.25, 0.3) is 6.08 Å². The number of rotatable bonds is 4. The first kappa shape index (κ1) is 21.0. The number of fused-ring (bicyclic) bond motifs is 2. The molecule has 0 fully saturated rings. The number of aromatic hydroxyl groups is 1. The van der Waals surface area contributed by atoms with Crippen molar-refractivity contribution in [2.75, 3.05) is 13.4 Å². The summed E-state index contributed by atoms with van der Waals surface area (Å²) in [6.07, 6.45) is 1.70. The minimum Gasteiger partial charge on any atom is -0.508 e. The first-order chi connectivity index (χ1) is 16.0. The second kappa shape index (κ2) is 8.25. The lowest BCUT2D eigenvalue weighted by molar-refractivity contribution is -0.139. The fourth-order valence-corrected chi connectivity index (χ4v) is 5.00. The van der Waals surface area contributed by atoms with Gasteiger partial charge in [0.05, 0.1) is 28.5 Å². The van der Waals surface area contributed by atoms with E-state index in [-0.39, 0.29) is 24.7 Å². The largest absolute Gasteiger partial charge is 0.508 e. The Kier molecular flexibility index (Phi) is 5.26. The summed E-state index contributed by atoms with van der Waals surface area (Å²) < 4.78 is 18.2. The Morgan fingerprint density at radius 2 is 2.09 bits per heavy atom. The number of phenolic OH excluding ortho intramolecular Hbond substituents is 1. The van der Waals surface area contributed by atoms with E-state index in [1.807, 2.05) is 6.07 Å². The number of esters is 1. The molecular formula is C24H20N2O6S. The lowest BCUT2D eigenvalue weighted by Gasteiger charge is -2.24. The van der Waals surface area contributed by atoms with Gasteiger partial charge in [0, 0.05) is 0 Å². The zero-order chi connectivity index (χ0) is 23.1. The molecule has 0 spiro atoms. The van der Waals surface area contributed by atoms with E-state index in [0.717, 1.165) is 0 Å². The van der Waals surface area contributed by atoms with Crippen LogP contribution in [-0.2, 0) is 9.53 Å². The highest BCUT2D eigenvalue weighted by Crippen LogP contribution is 2.38. The van der Waals surface area contributed by atoms with Crippen LogP contribution in [0.1, 0.15) is 31.0 Å². The molecule has 1 aromatic heterocycles. The molecule has 5 rings (SSSR count). The number of aromatic nitrogens is 1. The van der Waals surface area contributed by atoms with Gasteiger partial charge in [0.25, 0.3) is 5.56 Å². The Labute approximate surface area is 192 Å². The molecule has 9 heteroatoms. The predicted octanol–water partition coefficient (Wildman–Crippen LogP) is 2.23. The van der Waals surface area contributed by atoms with E-state index in [4.69, 9.17) is 14.2 Å². The van der Waals surface area contributed by atoms with Crippen LogP contribution in [0.4, 0.5) is 0 Å². The Morgan fingerprint density at radius 3 is 2.88 bits per heavy atom. The van der Waals surface area contributed by atoms with Gasteiger partial charge in [0.2, 0.25) is 6.79 Å². The second-order valence-corrected chi connectivity index (χ2v) is 8.52. The van der Waals surface area contributed by atoms with Gasteiger partial charge in [-0.2, -0.15) is 0 Å². The number of phenols is 1. The minimum atomic E-state index is -0.735. The van der Waals surface area contributed by atoms with Gasteiger partial charge in [-0.25, -0.2) is 9.79 Å². The summed E-state index contributed by atoms with van der Waals surface area (Å²) in [4.78, 5) is 31.5. The number of thiazole rings is 1. The first-order valence-corrected chi connectivity index (χ1v) is 11.2. The van der Waals surface area contributed by atoms with Crippen molar-refractivity contribution in [1.82, 2.24) is 4.57 Å². The zero-order valence-electron chi connectivity index (χ0n) is 17.9. The Bertz CT molecular complexity index is 1480. The summed E-state index contributed by atoms with van der Waals surface area (Å²) in [5, 5.41) is 9.77. The van der Waals surface area contributed by atoms with Gasteiger partial charge in [-0.05, 0) is 55.3 Å². The van der Waals surface area contributed by atoms with E-state index in [1.165, 1.54) is 15.9 Å². The predicted molar refractivity (Wildman–Crippen MR) is 121 cm³/mol. The maximum absolute atomic E-state index is 13.5. The summed E-state index contributed by atoms with van der Waals surface area (Å²) >= 11 is 1.22. The molecule has 3 aromatic rings. The fraction of sp³-hybridized carbons (Fsp3) is 0.208. The lowest BCUT2D eigenvalue weighted by Crippen LogP contribution is -2.39. The third-order valence-electron chi connectivity index (χ3n) is 5.40. The summed E-state index contributed by atoms with van der Waals surface area (Å²) in [5.74, 6) is 0.736. The summed E-state index contributed by atoms with van der Waals surface area (Å²) in [6, 6.07) is 11.2. The topological polar surface area (TPSA) is 99.4 Å². The van der Waals surface area contributed by atoms with E-state index >= 15 is 0 Å². The van der Waals surface area contributed by atoms with Crippen molar-refractivity contribution in [2.45, 2.75) is 19.9 Å². The molecule has 0 radical (unpaired) electrons. The van der Waals surface area contributed by atoms with Crippen molar-refractivity contribution < 1.29 is 24.1 Å². The summed E-state index contributed by atoms with van der Waals surface area (Å²) in [7, 11) is 0. The first-order valence-electron chi connectivity index (χ1n) is 10.3. The van der Waals surface area contributed by atoms with Crippen LogP contribution in [0.5, 0.6) is 17.2 Å². The van der Waals surface area contributed by atoms with E-state index in [9.17, 15) is 14.7 Å². The molecule has 2 aromatic carbocycles. The number of hydrogen-bond acceptors (Lipinski definition) is 8. The van der Waals surface area contributed by atoms with Gasteiger partial charge in [-0.15, -0.1) is 0 Å². The number of hydrogen-bond donors (Lipinski definition) is 1. The van der Waals surface area contributed by atoms with Gasteiger partial charge >= 0.3 is 5.97 Å². The van der Waals surface area contributed by atoms with Gasteiger partial charge in [-0.1, -0.05) is 29.5 Å². The van der Waals surface area contributed by atoms with Crippen molar-refractivity contribution in [3.63, 3.8) is 0 Å². The molecule has 0 unspecified atom stereocenters. The van der Waals surface area contributed by atoms with Crippen molar-refractivity contribution in [3.05, 3.63) is 84.5 Å². The second-order valence-electron chi connectivity index (χ2n) is 7.51. The Hall–Kier alpha value is -3.85. The molecule has 168 valence electrons. The molecule has 2 aliphatic heterocycles. The van der Waals surface area contributed by atoms with Crippen LogP contribution in [0, 0.1) is 0 Å². The van der Waals surface area contributed by atoms with Gasteiger partial charge < -0.3 is 19.3 Å². The fourth-order valence-electron chi connectivity index (χ4n) is 3.96. The highest BCUT2D eigenvalue weighted by molar-refractivity contribution is 7.07. The third-order valence-corrected chi connectivity index (χ3v) is 6.38. The molecular weight excluding hydrogens is 444 g/mol. The van der Waals surface area contributed by atoms with Crippen molar-refractivity contribution >= 4 is 23.4 Å². The average molecular weight is 464 g/mol. The molecule has 3 heterocycles. The van der Waals surface area contributed by atoms with Gasteiger partial charge in [-0.3, -0.25) is 9.36 Å². The number of carbonyl (C=O) groups excluding carboxylic acids is 1. The molecule has 8 nitrogen and oxygen atoms in total. The molecule has 0 bridgehead atoms. The SMILES string of the molecule is CCOC(=O)C1=C(C)N=c2s/c(=C\c3cccc(O)c3)c(=O)n2[C@H]1c1ccc2c(c1)OCO2. The molecule has 0 saturated heterocycles. The number of carbonyl (C=O) groups is 1. The van der Waals surface area contributed by atoms with E-state index < -0.39 is 12.0 Å². The Morgan fingerprint density at radius 1 is 1.27 bits per heavy atom. The quantitative estimate of drug-likeness (QED) is 0.595. The van der Waals surface area contributed by atoms with Crippen molar-refractivity contribution in [1.29, 1.82) is 0 Å². The number of allylic oxidation sites excluding steroid dienone is 1. The highest BCUT2D eigenvalue weighted by atomic mass is 32.1. The minimum absolute atomic E-state index is 0.107. The molecule has 0 amide bonds. The Balaban J connectivity index is 1.73. The highest BCUT2D eigenvalue weighted by Gasteiger charge is 2.34. The van der Waals surface area contributed by atoms with Crippen molar-refractivity contribution in [3.8, 4) is 17.2 Å². The van der Waals surface area contributed by atoms with E-state index in [1.54, 1.807) is 56.3 Å². The molecule has 1 atom stereocenters. The third kappa shape index (κ3) is 3.70. The van der Waals surface area contributed by atoms with Crippen LogP contribution >= 0.6 is 11.3 Å². The number of benzene rings is 2. The molecule has 2 aliphatic rings. The zero-order valence-corrected chi connectivity index (χ0v) is 18.7. The van der Waals surface area contributed by atoms with Crippen LogP contribution in [0.2, 0.25) is 0 Å². The van der Waals surface area contributed by atoms with Crippen molar-refractivity contribution in [2.24, 2.45) is 4.99 Å². The van der Waals surface area contributed by atoms with Crippen LogP contribution in [0.15, 0.2) is 63.5 Å². The van der Waals surface area contributed by atoms with E-state index in [2.05, 4.69) is 4.99 Å². The van der Waals surface area contributed by atoms with Gasteiger partial charge in [0.15, 0.2) is 16.3 Å². The standard InChI is InChI=1S/C24H20N2O6S/c1-3-30-23(29)20-13(2)25-24-26(21(20)15-7-8-17-18(11-15)32-12-31-17)22(28)19(33-24)10-14-5-4-6-16(27)9-14/h4-11,21,27H,3,12H2,1-2H3/b19-10-/t21-/m0/s1. The summed E-state index contributed by atoms with van der Waals surface area (Å²) in [5.41, 5.74) is 1.86. The van der Waals surface area contributed by atoms with Gasteiger partial charge in [0.1, 0.15) is 5.75 Å². The lowest BCUT2D eigenvalue weighted by atomic mass is 9.95. The normalized spacial score (nSPS) is 17.0. The van der Waals surface area contributed by atoms with Crippen LogP contribution < -0.4 is 24.4 Å². The molecule has 33 heavy (non-hydrogen) atoms. The maximum Gasteiger partial charge on any atom is 0.338 e. The van der Waals surface area contributed by atoms with Crippen LogP contribution in [-0.4, -0.2) is 29.0 Å². The van der Waals surface area contributed by atoms with E-state index in [0.29, 0.717) is 43.2 Å². The van der Waals surface area contributed by atoms with Crippen LogP contribution in [0.3, 0.4) is 0 Å². The maximum atomic E-state index is 13.5. The summed E-state index contributed by atoms with van der Waals surface area (Å²) in [6.45, 7) is 3.78. The average Bonchev–Trinajstić information content (AvgIpc) is 3.37. The molecule has 1 N–H and O–H groups in total. The number of ether oxygens (including phenoxy) is 3. The smallest absolute Gasteiger partial charge is 0.338 e. The molecule has 0 aliphatic carbocycles. The monoisotopic (exact) mass is 464 g/mol.